The summed E-state index contributed by atoms with van der Waals surface area (Å²) in [5.74, 6) is -0.113. The van der Waals surface area contributed by atoms with Crippen LogP contribution in [0.2, 0.25) is 0 Å². The lowest BCUT2D eigenvalue weighted by molar-refractivity contribution is 0.153. The third-order valence-corrected chi connectivity index (χ3v) is 5.55. The van der Waals surface area contributed by atoms with Crippen molar-refractivity contribution in [3.8, 4) is 0 Å². The van der Waals surface area contributed by atoms with E-state index in [1.54, 1.807) is 23.5 Å². The van der Waals surface area contributed by atoms with Crippen LogP contribution in [0.15, 0.2) is 18.2 Å². The van der Waals surface area contributed by atoms with Crippen LogP contribution in [0.3, 0.4) is 0 Å². The highest BCUT2D eigenvalue weighted by atomic mass is 32.1. The van der Waals surface area contributed by atoms with E-state index in [4.69, 9.17) is 5.73 Å². The molecule has 0 saturated carbocycles. The zero-order chi connectivity index (χ0) is 14.1. The molecule has 3 rings (SSSR count). The Labute approximate surface area is 123 Å². The van der Waals surface area contributed by atoms with Gasteiger partial charge in [0.25, 0.3) is 0 Å². The van der Waals surface area contributed by atoms with Crippen LogP contribution < -0.4 is 5.73 Å². The number of likely N-dealkylation sites (tertiary alicyclic amines) is 1. The molecule has 1 fully saturated rings. The van der Waals surface area contributed by atoms with Gasteiger partial charge in [-0.1, -0.05) is 12.5 Å². The standard InChI is InChI=1S/C16H21FN2S/c1-11-5-2-3-8-19(11)10-12-15(9-18)20-14-7-4-6-13(17)16(12)14/h4,6-7,11H,2-3,5,8-10,18H2,1H3. The van der Waals surface area contributed by atoms with Gasteiger partial charge in [-0.15, -0.1) is 11.3 Å². The number of hydrogen-bond acceptors (Lipinski definition) is 3. The average Bonchev–Trinajstić information content (AvgIpc) is 2.81. The van der Waals surface area contributed by atoms with Gasteiger partial charge in [-0.2, -0.15) is 0 Å². The molecular weight excluding hydrogens is 271 g/mol. The van der Waals surface area contributed by atoms with Gasteiger partial charge in [0, 0.05) is 34.1 Å². The average molecular weight is 292 g/mol. The van der Waals surface area contributed by atoms with Crippen LogP contribution in [-0.2, 0) is 13.1 Å². The van der Waals surface area contributed by atoms with Gasteiger partial charge >= 0.3 is 0 Å². The predicted molar refractivity (Wildman–Crippen MR) is 83.4 cm³/mol. The van der Waals surface area contributed by atoms with Gasteiger partial charge in [-0.3, -0.25) is 4.90 Å². The van der Waals surface area contributed by atoms with Crippen molar-refractivity contribution < 1.29 is 4.39 Å². The van der Waals surface area contributed by atoms with Crippen LogP contribution >= 0.6 is 11.3 Å². The maximum Gasteiger partial charge on any atom is 0.132 e. The second-order valence-corrected chi connectivity index (χ2v) is 6.77. The molecule has 1 unspecified atom stereocenters. The van der Waals surface area contributed by atoms with Crippen LogP contribution in [0, 0.1) is 5.82 Å². The Balaban J connectivity index is 2.00. The molecule has 2 nitrogen and oxygen atoms in total. The van der Waals surface area contributed by atoms with Gasteiger partial charge in [-0.05, 0) is 44.0 Å². The molecule has 1 atom stereocenters. The van der Waals surface area contributed by atoms with Crippen molar-refractivity contribution in [3.05, 3.63) is 34.5 Å². The Bertz CT molecular complexity index is 608. The number of benzene rings is 1. The summed E-state index contributed by atoms with van der Waals surface area (Å²) < 4.78 is 15.2. The molecule has 108 valence electrons. The number of piperidine rings is 1. The number of thiophene rings is 1. The fourth-order valence-corrected chi connectivity index (χ4v) is 4.25. The summed E-state index contributed by atoms with van der Waals surface area (Å²) in [6.45, 7) is 4.70. The molecule has 1 aromatic heterocycles. The van der Waals surface area contributed by atoms with Gasteiger partial charge < -0.3 is 5.73 Å². The van der Waals surface area contributed by atoms with E-state index in [0.29, 0.717) is 12.6 Å². The van der Waals surface area contributed by atoms with Crippen molar-refractivity contribution >= 4 is 21.4 Å². The van der Waals surface area contributed by atoms with Gasteiger partial charge in [0.2, 0.25) is 0 Å². The molecule has 2 N–H and O–H groups in total. The highest BCUT2D eigenvalue weighted by Gasteiger charge is 2.22. The second kappa shape index (κ2) is 5.80. The first-order chi connectivity index (χ1) is 9.70. The van der Waals surface area contributed by atoms with E-state index in [-0.39, 0.29) is 5.82 Å². The fraction of sp³-hybridized carbons (Fsp3) is 0.500. The van der Waals surface area contributed by atoms with Crippen LogP contribution in [-0.4, -0.2) is 17.5 Å². The molecule has 4 heteroatoms. The lowest BCUT2D eigenvalue weighted by Crippen LogP contribution is -2.37. The Morgan fingerprint density at radius 2 is 2.25 bits per heavy atom. The molecule has 1 aliphatic heterocycles. The van der Waals surface area contributed by atoms with Crippen molar-refractivity contribution in [2.75, 3.05) is 6.54 Å². The first kappa shape index (κ1) is 14.0. The minimum Gasteiger partial charge on any atom is -0.326 e. The van der Waals surface area contributed by atoms with Crippen molar-refractivity contribution in [3.63, 3.8) is 0 Å². The van der Waals surface area contributed by atoms with E-state index in [1.807, 2.05) is 6.07 Å². The second-order valence-electron chi connectivity index (χ2n) is 5.64. The quantitative estimate of drug-likeness (QED) is 0.930. The van der Waals surface area contributed by atoms with Crippen molar-refractivity contribution in [2.24, 2.45) is 5.73 Å². The normalized spacial score (nSPS) is 20.6. The van der Waals surface area contributed by atoms with E-state index in [2.05, 4.69) is 11.8 Å². The number of rotatable bonds is 3. The van der Waals surface area contributed by atoms with Gasteiger partial charge in [0.1, 0.15) is 5.82 Å². The van der Waals surface area contributed by atoms with E-state index >= 15 is 0 Å². The lowest BCUT2D eigenvalue weighted by Gasteiger charge is -2.33. The molecule has 0 spiro atoms. The summed E-state index contributed by atoms with van der Waals surface area (Å²) in [4.78, 5) is 3.60. The summed E-state index contributed by atoms with van der Waals surface area (Å²) in [5.41, 5.74) is 6.98. The van der Waals surface area contributed by atoms with Crippen LogP contribution in [0.1, 0.15) is 36.6 Å². The number of fused-ring (bicyclic) bond motifs is 1. The van der Waals surface area contributed by atoms with E-state index in [0.717, 1.165) is 33.6 Å². The third-order valence-electron chi connectivity index (χ3n) is 4.33. The maximum absolute atomic E-state index is 14.2. The monoisotopic (exact) mass is 292 g/mol. The summed E-state index contributed by atoms with van der Waals surface area (Å²) in [7, 11) is 0. The zero-order valence-corrected chi connectivity index (χ0v) is 12.7. The van der Waals surface area contributed by atoms with Gasteiger partial charge in [0.05, 0.1) is 0 Å². The van der Waals surface area contributed by atoms with Crippen molar-refractivity contribution in [1.29, 1.82) is 0 Å². The van der Waals surface area contributed by atoms with Gasteiger partial charge in [0.15, 0.2) is 0 Å². The third kappa shape index (κ3) is 2.48. The smallest absolute Gasteiger partial charge is 0.132 e. The zero-order valence-electron chi connectivity index (χ0n) is 11.9. The van der Waals surface area contributed by atoms with Crippen molar-refractivity contribution in [1.82, 2.24) is 4.90 Å². The summed E-state index contributed by atoms with van der Waals surface area (Å²) >= 11 is 1.64. The maximum atomic E-state index is 14.2. The molecular formula is C16H21FN2S. The number of nitrogens with two attached hydrogens (primary N) is 1. The molecule has 20 heavy (non-hydrogen) atoms. The Hall–Kier alpha value is -0.970. The summed E-state index contributed by atoms with van der Waals surface area (Å²) in [5, 5.41) is 0.788. The number of hydrogen-bond donors (Lipinski definition) is 1. The molecule has 2 aromatic rings. The van der Waals surface area contributed by atoms with E-state index in [1.165, 1.54) is 19.3 Å². The number of halogens is 1. The Kier molecular flexibility index (Phi) is 4.06. The Morgan fingerprint density at radius 3 is 3.00 bits per heavy atom. The summed E-state index contributed by atoms with van der Waals surface area (Å²) in [6, 6.07) is 5.90. The predicted octanol–water partition coefficient (Wildman–Crippen LogP) is 3.87. The number of nitrogens with zero attached hydrogens (tertiary/aromatic N) is 1. The molecule has 1 saturated heterocycles. The van der Waals surface area contributed by atoms with Crippen LogP contribution in [0.4, 0.5) is 4.39 Å². The van der Waals surface area contributed by atoms with Crippen LogP contribution in [0.5, 0.6) is 0 Å². The Morgan fingerprint density at radius 1 is 1.40 bits per heavy atom. The van der Waals surface area contributed by atoms with Crippen molar-refractivity contribution in [2.45, 2.75) is 45.3 Å². The van der Waals surface area contributed by atoms with E-state index < -0.39 is 0 Å². The highest BCUT2D eigenvalue weighted by Crippen LogP contribution is 2.34. The lowest BCUT2D eigenvalue weighted by atomic mass is 10.0. The van der Waals surface area contributed by atoms with Gasteiger partial charge in [-0.25, -0.2) is 4.39 Å². The molecule has 1 aliphatic rings. The van der Waals surface area contributed by atoms with E-state index in [9.17, 15) is 4.39 Å². The molecule has 0 amide bonds. The molecule has 1 aromatic carbocycles. The topological polar surface area (TPSA) is 29.3 Å². The summed E-state index contributed by atoms with van der Waals surface area (Å²) in [6.07, 6.45) is 3.79. The SMILES string of the molecule is CC1CCCCN1Cc1c(CN)sc2cccc(F)c12. The molecule has 2 heterocycles. The first-order valence-corrected chi connectivity index (χ1v) is 8.15. The highest BCUT2D eigenvalue weighted by molar-refractivity contribution is 7.19. The minimum absolute atomic E-state index is 0.113. The fourth-order valence-electron chi connectivity index (χ4n) is 3.14. The molecule has 0 bridgehead atoms. The minimum atomic E-state index is -0.113. The molecule has 0 radical (unpaired) electrons. The largest absolute Gasteiger partial charge is 0.326 e. The molecule has 0 aliphatic carbocycles. The van der Waals surface area contributed by atoms with Crippen LogP contribution in [0.25, 0.3) is 10.1 Å². The first-order valence-electron chi connectivity index (χ1n) is 7.33.